The van der Waals surface area contributed by atoms with Gasteiger partial charge in [0.15, 0.2) is 0 Å². The van der Waals surface area contributed by atoms with E-state index in [1.165, 1.54) is 57.8 Å². The number of fused-ring (bicyclic) bond motifs is 3. The second-order valence-corrected chi connectivity index (χ2v) is 10.4. The van der Waals surface area contributed by atoms with Crippen LogP contribution in [0, 0.1) is 41.4 Å². The van der Waals surface area contributed by atoms with Crippen molar-refractivity contribution in [1.29, 1.82) is 0 Å². The van der Waals surface area contributed by atoms with E-state index in [-0.39, 0.29) is 0 Å². The van der Waals surface area contributed by atoms with Crippen molar-refractivity contribution in [2.75, 3.05) is 0 Å². The van der Waals surface area contributed by atoms with Crippen LogP contribution in [0.3, 0.4) is 0 Å². The van der Waals surface area contributed by atoms with Crippen LogP contribution < -0.4 is 5.73 Å². The third-order valence-electron chi connectivity index (χ3n) is 9.03. The number of unbranched alkanes of at least 4 members (excludes halogenated alkanes) is 1. The summed E-state index contributed by atoms with van der Waals surface area (Å²) in [5.41, 5.74) is 6.40. The van der Waals surface area contributed by atoms with E-state index in [9.17, 15) is 0 Å². The summed E-state index contributed by atoms with van der Waals surface area (Å²) in [5, 5.41) is 0. The van der Waals surface area contributed by atoms with Gasteiger partial charge in [-0.2, -0.15) is 0 Å². The van der Waals surface area contributed by atoms with Crippen molar-refractivity contribution in [1.82, 2.24) is 0 Å². The van der Waals surface area contributed by atoms with E-state index in [0.717, 1.165) is 41.4 Å². The molecule has 4 aliphatic rings. The Bertz CT molecular complexity index is 418. The third kappa shape index (κ3) is 3.97. The molecule has 0 bridgehead atoms. The molecule has 8 unspecified atom stereocenters. The van der Waals surface area contributed by atoms with Crippen LogP contribution in [0.4, 0.5) is 0 Å². The van der Waals surface area contributed by atoms with E-state index in [1.54, 1.807) is 38.5 Å². The van der Waals surface area contributed by atoms with Gasteiger partial charge in [0, 0.05) is 6.04 Å². The van der Waals surface area contributed by atoms with Crippen LogP contribution in [0.1, 0.15) is 103 Å². The highest BCUT2D eigenvalue weighted by molar-refractivity contribution is 4.99. The first-order valence-corrected chi connectivity index (χ1v) is 12.0. The predicted molar refractivity (Wildman–Crippen MR) is 107 cm³/mol. The molecular formula is C24H43N. The first-order chi connectivity index (χ1) is 12.3. The summed E-state index contributed by atoms with van der Waals surface area (Å²) in [6.07, 6.45) is 22.4. The lowest BCUT2D eigenvalue weighted by molar-refractivity contribution is -0.0538. The summed E-state index contributed by atoms with van der Waals surface area (Å²) in [6, 6.07) is 0.517. The van der Waals surface area contributed by atoms with Crippen LogP contribution >= 0.6 is 0 Å². The van der Waals surface area contributed by atoms with E-state index in [4.69, 9.17) is 5.73 Å². The second kappa shape index (κ2) is 8.32. The lowest BCUT2D eigenvalue weighted by Crippen LogP contribution is -2.47. The van der Waals surface area contributed by atoms with Crippen LogP contribution in [0.2, 0.25) is 0 Å². The van der Waals surface area contributed by atoms with Crippen molar-refractivity contribution in [3.63, 3.8) is 0 Å². The van der Waals surface area contributed by atoms with E-state index in [0.29, 0.717) is 6.04 Å². The number of hydrogen-bond donors (Lipinski definition) is 1. The van der Waals surface area contributed by atoms with Crippen LogP contribution in [-0.4, -0.2) is 6.04 Å². The van der Waals surface area contributed by atoms with Gasteiger partial charge in [-0.05, 0) is 86.4 Å². The highest BCUT2D eigenvalue weighted by Gasteiger charge is 2.49. The monoisotopic (exact) mass is 345 g/mol. The van der Waals surface area contributed by atoms with Crippen molar-refractivity contribution >= 4 is 0 Å². The van der Waals surface area contributed by atoms with Gasteiger partial charge in [0.25, 0.3) is 0 Å². The molecular weight excluding hydrogens is 302 g/mol. The van der Waals surface area contributed by atoms with Crippen molar-refractivity contribution in [3.8, 4) is 0 Å². The minimum atomic E-state index is 0.517. The summed E-state index contributed by atoms with van der Waals surface area (Å²) < 4.78 is 0. The van der Waals surface area contributed by atoms with E-state index in [1.807, 2.05) is 0 Å². The molecule has 144 valence electrons. The van der Waals surface area contributed by atoms with Crippen LogP contribution in [0.25, 0.3) is 0 Å². The Labute approximate surface area is 156 Å². The molecule has 0 saturated heterocycles. The molecule has 0 aromatic carbocycles. The molecule has 0 radical (unpaired) electrons. The maximum atomic E-state index is 6.40. The summed E-state index contributed by atoms with van der Waals surface area (Å²) in [4.78, 5) is 0. The summed E-state index contributed by atoms with van der Waals surface area (Å²) in [7, 11) is 0. The normalized spacial score (nSPS) is 47.8. The molecule has 1 nitrogen and oxygen atoms in total. The predicted octanol–water partition coefficient (Wildman–Crippen LogP) is 6.55. The van der Waals surface area contributed by atoms with E-state index < -0.39 is 0 Å². The first kappa shape index (κ1) is 18.3. The largest absolute Gasteiger partial charge is 0.328 e. The smallest absolute Gasteiger partial charge is 0.00415 e. The molecule has 4 saturated carbocycles. The summed E-state index contributed by atoms with van der Waals surface area (Å²) in [5.74, 6) is 7.46. The van der Waals surface area contributed by atoms with Gasteiger partial charge in [-0.15, -0.1) is 0 Å². The summed E-state index contributed by atoms with van der Waals surface area (Å²) in [6.45, 7) is 2.36. The zero-order chi connectivity index (χ0) is 17.2. The fourth-order valence-corrected chi connectivity index (χ4v) is 7.90. The van der Waals surface area contributed by atoms with Crippen molar-refractivity contribution in [2.24, 2.45) is 47.2 Å². The molecule has 4 aliphatic carbocycles. The zero-order valence-corrected chi connectivity index (χ0v) is 16.8. The summed E-state index contributed by atoms with van der Waals surface area (Å²) >= 11 is 0. The molecule has 4 rings (SSSR count). The van der Waals surface area contributed by atoms with Crippen molar-refractivity contribution < 1.29 is 0 Å². The Balaban J connectivity index is 1.47. The van der Waals surface area contributed by atoms with Gasteiger partial charge < -0.3 is 5.73 Å². The molecule has 0 aromatic rings. The minimum absolute atomic E-state index is 0.517. The number of nitrogens with two attached hydrogens (primary N) is 1. The number of rotatable bonds is 4. The first-order valence-electron chi connectivity index (χ1n) is 12.0. The Hall–Kier alpha value is -0.0400. The molecule has 4 fully saturated rings. The molecule has 0 aromatic heterocycles. The molecule has 0 aliphatic heterocycles. The zero-order valence-electron chi connectivity index (χ0n) is 16.8. The molecule has 0 spiro atoms. The Morgan fingerprint density at radius 2 is 1.40 bits per heavy atom. The highest BCUT2D eigenvalue weighted by atomic mass is 14.6. The Kier molecular flexibility index (Phi) is 6.10. The lowest BCUT2D eigenvalue weighted by atomic mass is 9.50. The molecule has 0 heterocycles. The highest BCUT2D eigenvalue weighted by Crippen LogP contribution is 2.57. The van der Waals surface area contributed by atoms with Gasteiger partial charge in [-0.25, -0.2) is 0 Å². The molecule has 0 amide bonds. The van der Waals surface area contributed by atoms with Gasteiger partial charge in [0.1, 0.15) is 0 Å². The van der Waals surface area contributed by atoms with Crippen LogP contribution in [0.5, 0.6) is 0 Å². The van der Waals surface area contributed by atoms with Crippen molar-refractivity contribution in [3.05, 3.63) is 0 Å². The van der Waals surface area contributed by atoms with Gasteiger partial charge in [0.05, 0.1) is 0 Å². The standard InChI is InChI=1S/C24H43N/c1-2-3-7-17-12-13-19-16-24(18-8-6-9-20(25)15-18)22-11-5-4-10-21(22)23(19)14-17/h17-24H,2-16,25H2,1H3. The number of hydrogen-bond acceptors (Lipinski definition) is 1. The van der Waals surface area contributed by atoms with Gasteiger partial charge in [-0.1, -0.05) is 58.3 Å². The van der Waals surface area contributed by atoms with Gasteiger partial charge in [0.2, 0.25) is 0 Å². The van der Waals surface area contributed by atoms with Gasteiger partial charge in [-0.3, -0.25) is 0 Å². The van der Waals surface area contributed by atoms with Crippen molar-refractivity contribution in [2.45, 2.75) is 109 Å². The van der Waals surface area contributed by atoms with Crippen LogP contribution in [-0.2, 0) is 0 Å². The fraction of sp³-hybridized carbons (Fsp3) is 1.00. The minimum Gasteiger partial charge on any atom is -0.328 e. The third-order valence-corrected chi connectivity index (χ3v) is 9.03. The Morgan fingerprint density at radius 3 is 2.12 bits per heavy atom. The maximum absolute atomic E-state index is 6.40. The Morgan fingerprint density at radius 1 is 0.680 bits per heavy atom. The van der Waals surface area contributed by atoms with E-state index >= 15 is 0 Å². The molecule has 25 heavy (non-hydrogen) atoms. The average molecular weight is 346 g/mol. The molecule has 8 atom stereocenters. The fourth-order valence-electron chi connectivity index (χ4n) is 7.90. The second-order valence-electron chi connectivity index (χ2n) is 10.4. The quantitative estimate of drug-likeness (QED) is 0.614. The molecule has 1 heteroatoms. The SMILES string of the molecule is CCCCC1CCC2CC(C3CCCC(N)C3)C3CCCCC3C2C1. The van der Waals surface area contributed by atoms with Gasteiger partial charge >= 0.3 is 0 Å². The average Bonchev–Trinajstić information content (AvgIpc) is 2.65. The topological polar surface area (TPSA) is 26.0 Å². The maximum Gasteiger partial charge on any atom is 0.00415 e. The van der Waals surface area contributed by atoms with E-state index in [2.05, 4.69) is 6.92 Å². The van der Waals surface area contributed by atoms with Crippen LogP contribution in [0.15, 0.2) is 0 Å². The molecule has 2 N–H and O–H groups in total. The lowest BCUT2D eigenvalue weighted by Gasteiger charge is -2.55.